The van der Waals surface area contributed by atoms with E-state index in [-0.39, 0.29) is 24.1 Å². The van der Waals surface area contributed by atoms with Crippen molar-refractivity contribution < 1.29 is 9.53 Å². The van der Waals surface area contributed by atoms with Crippen molar-refractivity contribution in [3.8, 4) is 0 Å². The Kier molecular flexibility index (Phi) is 4.70. The van der Waals surface area contributed by atoms with Crippen LogP contribution in [0.25, 0.3) is 10.9 Å². The Morgan fingerprint density at radius 1 is 1.12 bits per heavy atom. The van der Waals surface area contributed by atoms with Gasteiger partial charge in [0, 0.05) is 6.42 Å². The molecule has 0 aliphatic rings. The van der Waals surface area contributed by atoms with E-state index in [2.05, 4.69) is 9.97 Å². The molecule has 1 atom stereocenters. The summed E-state index contributed by atoms with van der Waals surface area (Å²) in [6.45, 7) is 1.84. The second-order valence-corrected chi connectivity index (χ2v) is 5.57. The van der Waals surface area contributed by atoms with Crippen molar-refractivity contribution in [1.82, 2.24) is 9.97 Å². The molecule has 0 aliphatic heterocycles. The molecule has 1 N–H and O–H groups in total. The molecule has 0 bridgehead atoms. The highest BCUT2D eigenvalue weighted by atomic mass is 16.5. The molecule has 5 heteroatoms. The van der Waals surface area contributed by atoms with Crippen molar-refractivity contribution in [1.29, 1.82) is 0 Å². The maximum atomic E-state index is 12.0. The van der Waals surface area contributed by atoms with Crippen molar-refractivity contribution in [2.45, 2.75) is 25.9 Å². The molecule has 3 rings (SSSR count). The standard InChI is InChI=1S/C19H18N2O3/c1-13(14-7-3-2-4-8-14)24-18(22)12-11-17-20-16-10-6-5-9-15(16)19(23)21-17/h2-10,13H,11-12H2,1H3,(H,20,21,23)/t13-/m0/s1. The number of aryl methyl sites for hydroxylation is 1. The van der Waals surface area contributed by atoms with E-state index in [9.17, 15) is 9.59 Å². The highest BCUT2D eigenvalue weighted by Crippen LogP contribution is 2.17. The molecule has 0 unspecified atom stereocenters. The number of nitrogens with zero attached hydrogens (tertiary/aromatic N) is 1. The van der Waals surface area contributed by atoms with Crippen LogP contribution >= 0.6 is 0 Å². The molecule has 0 saturated heterocycles. The van der Waals surface area contributed by atoms with Gasteiger partial charge >= 0.3 is 5.97 Å². The summed E-state index contributed by atoms with van der Waals surface area (Å²) in [6.07, 6.45) is 0.195. The molecule has 1 aromatic heterocycles. The molecule has 0 spiro atoms. The number of fused-ring (bicyclic) bond motifs is 1. The number of H-pyrrole nitrogens is 1. The van der Waals surface area contributed by atoms with Crippen LogP contribution in [0.4, 0.5) is 0 Å². The largest absolute Gasteiger partial charge is 0.458 e. The Labute approximate surface area is 139 Å². The van der Waals surface area contributed by atoms with Crippen LogP contribution in [0.1, 0.15) is 30.8 Å². The number of esters is 1. The molecule has 2 aromatic carbocycles. The number of hydrogen-bond donors (Lipinski definition) is 1. The molecule has 0 fully saturated rings. The first-order valence-corrected chi connectivity index (χ1v) is 7.86. The smallest absolute Gasteiger partial charge is 0.306 e. The quantitative estimate of drug-likeness (QED) is 0.732. The van der Waals surface area contributed by atoms with Gasteiger partial charge in [0.15, 0.2) is 0 Å². The number of carbonyl (C=O) groups excluding carboxylic acids is 1. The highest BCUT2D eigenvalue weighted by molar-refractivity contribution is 5.77. The topological polar surface area (TPSA) is 72.0 Å². The van der Waals surface area contributed by atoms with Gasteiger partial charge in [0.1, 0.15) is 11.9 Å². The van der Waals surface area contributed by atoms with Gasteiger partial charge in [-0.05, 0) is 24.6 Å². The summed E-state index contributed by atoms with van der Waals surface area (Å²) in [5.74, 6) is 0.171. The molecule has 0 aliphatic carbocycles. The number of hydrogen-bond acceptors (Lipinski definition) is 4. The average Bonchev–Trinajstić information content (AvgIpc) is 2.61. The Morgan fingerprint density at radius 3 is 2.62 bits per heavy atom. The third-order valence-corrected chi connectivity index (χ3v) is 3.81. The Hall–Kier alpha value is -2.95. The van der Waals surface area contributed by atoms with E-state index < -0.39 is 0 Å². The van der Waals surface area contributed by atoms with E-state index in [4.69, 9.17) is 4.74 Å². The summed E-state index contributed by atoms with van der Waals surface area (Å²) in [5.41, 5.74) is 1.38. The minimum absolute atomic E-state index is 0.165. The predicted molar refractivity (Wildman–Crippen MR) is 91.6 cm³/mol. The predicted octanol–water partition coefficient (Wildman–Crippen LogP) is 3.16. The van der Waals surface area contributed by atoms with Gasteiger partial charge in [0.05, 0.1) is 17.3 Å². The number of aromatic amines is 1. The number of rotatable bonds is 5. The SMILES string of the molecule is C[C@H](OC(=O)CCc1nc2ccccc2c(=O)[nH]1)c1ccccc1. The lowest BCUT2D eigenvalue weighted by Gasteiger charge is -2.13. The lowest BCUT2D eigenvalue weighted by Crippen LogP contribution is -2.14. The van der Waals surface area contributed by atoms with E-state index in [1.807, 2.05) is 43.3 Å². The minimum Gasteiger partial charge on any atom is -0.458 e. The highest BCUT2D eigenvalue weighted by Gasteiger charge is 2.12. The fourth-order valence-corrected chi connectivity index (χ4v) is 2.52. The summed E-state index contributed by atoms with van der Waals surface area (Å²) in [7, 11) is 0. The van der Waals surface area contributed by atoms with Gasteiger partial charge in [0.2, 0.25) is 0 Å². The lowest BCUT2D eigenvalue weighted by atomic mass is 10.1. The Balaban J connectivity index is 1.63. The maximum Gasteiger partial charge on any atom is 0.306 e. The van der Waals surface area contributed by atoms with Crippen LogP contribution in [-0.2, 0) is 16.0 Å². The molecular formula is C19H18N2O3. The van der Waals surface area contributed by atoms with E-state index in [0.717, 1.165) is 5.56 Å². The summed E-state index contributed by atoms with van der Waals surface area (Å²) in [6, 6.07) is 16.7. The van der Waals surface area contributed by atoms with Crippen LogP contribution in [0.2, 0.25) is 0 Å². The number of ether oxygens (including phenoxy) is 1. The first kappa shape index (κ1) is 15.9. The monoisotopic (exact) mass is 322 g/mol. The number of para-hydroxylation sites is 1. The number of aromatic nitrogens is 2. The summed E-state index contributed by atoms with van der Waals surface area (Å²) in [5, 5.41) is 0.543. The van der Waals surface area contributed by atoms with Gasteiger partial charge in [-0.25, -0.2) is 4.98 Å². The summed E-state index contributed by atoms with van der Waals surface area (Å²) >= 11 is 0. The second-order valence-electron chi connectivity index (χ2n) is 5.57. The molecule has 0 amide bonds. The first-order valence-electron chi connectivity index (χ1n) is 7.86. The van der Waals surface area contributed by atoms with Gasteiger partial charge in [0.25, 0.3) is 5.56 Å². The van der Waals surface area contributed by atoms with Crippen molar-refractivity contribution in [2.75, 3.05) is 0 Å². The fourth-order valence-electron chi connectivity index (χ4n) is 2.52. The van der Waals surface area contributed by atoms with E-state index in [1.54, 1.807) is 18.2 Å². The summed E-state index contributed by atoms with van der Waals surface area (Å²) in [4.78, 5) is 31.1. The Bertz CT molecular complexity index is 903. The van der Waals surface area contributed by atoms with Gasteiger partial charge in [-0.3, -0.25) is 9.59 Å². The van der Waals surface area contributed by atoms with E-state index in [0.29, 0.717) is 23.1 Å². The van der Waals surface area contributed by atoms with Crippen molar-refractivity contribution >= 4 is 16.9 Å². The molecule has 24 heavy (non-hydrogen) atoms. The van der Waals surface area contributed by atoms with Gasteiger partial charge in [-0.15, -0.1) is 0 Å². The van der Waals surface area contributed by atoms with Crippen LogP contribution in [0.3, 0.4) is 0 Å². The van der Waals surface area contributed by atoms with E-state index >= 15 is 0 Å². The number of carbonyl (C=O) groups is 1. The van der Waals surface area contributed by atoms with Crippen LogP contribution in [0.5, 0.6) is 0 Å². The fraction of sp³-hybridized carbons (Fsp3) is 0.211. The first-order chi connectivity index (χ1) is 11.6. The second kappa shape index (κ2) is 7.08. The molecule has 0 radical (unpaired) electrons. The molecule has 5 nitrogen and oxygen atoms in total. The Morgan fingerprint density at radius 2 is 1.83 bits per heavy atom. The van der Waals surface area contributed by atoms with Gasteiger partial charge in [-0.1, -0.05) is 42.5 Å². The van der Waals surface area contributed by atoms with Gasteiger partial charge < -0.3 is 9.72 Å². The zero-order chi connectivity index (χ0) is 16.9. The number of benzene rings is 2. The van der Waals surface area contributed by atoms with Crippen LogP contribution in [0, 0.1) is 0 Å². The van der Waals surface area contributed by atoms with Crippen LogP contribution in [0.15, 0.2) is 59.4 Å². The van der Waals surface area contributed by atoms with Crippen molar-refractivity contribution in [3.63, 3.8) is 0 Å². The third-order valence-electron chi connectivity index (χ3n) is 3.81. The van der Waals surface area contributed by atoms with Crippen molar-refractivity contribution in [2.24, 2.45) is 0 Å². The zero-order valence-electron chi connectivity index (χ0n) is 13.4. The molecule has 3 aromatic rings. The minimum atomic E-state index is -0.317. The van der Waals surface area contributed by atoms with Crippen LogP contribution < -0.4 is 5.56 Å². The normalized spacial score (nSPS) is 12.0. The average molecular weight is 322 g/mol. The third kappa shape index (κ3) is 3.68. The zero-order valence-corrected chi connectivity index (χ0v) is 13.4. The van der Waals surface area contributed by atoms with Crippen LogP contribution in [-0.4, -0.2) is 15.9 Å². The molecule has 0 saturated carbocycles. The summed E-state index contributed by atoms with van der Waals surface area (Å²) < 4.78 is 5.42. The lowest BCUT2D eigenvalue weighted by molar-refractivity contribution is -0.148. The van der Waals surface area contributed by atoms with E-state index in [1.165, 1.54) is 0 Å². The van der Waals surface area contributed by atoms with Gasteiger partial charge in [-0.2, -0.15) is 0 Å². The van der Waals surface area contributed by atoms with Crippen molar-refractivity contribution in [3.05, 3.63) is 76.3 Å². The molecule has 122 valence electrons. The maximum absolute atomic E-state index is 12.0. The molecule has 1 heterocycles. The molecular weight excluding hydrogens is 304 g/mol. The number of nitrogens with one attached hydrogen (secondary N) is 1.